The van der Waals surface area contributed by atoms with Gasteiger partial charge < -0.3 is 10.2 Å². The maximum absolute atomic E-state index is 13.7. The maximum Gasteiger partial charge on any atom is 0.227 e. The lowest BCUT2D eigenvalue weighted by Gasteiger charge is -2.21. The fraction of sp³-hybridized carbons (Fsp3) is 0.533. The standard InChI is InChI=1S/C15H23FN2O/c1-4-18(14-9-6-5-8-13(14)16)15(19)10-7-11-17-12(2)3/h5-6,8-9,12,17H,4,7,10-11H2,1-3H3. The molecule has 4 heteroatoms. The number of carbonyl (C=O) groups excluding carboxylic acids is 1. The summed E-state index contributed by atoms with van der Waals surface area (Å²) in [6, 6.07) is 6.82. The van der Waals surface area contributed by atoms with Gasteiger partial charge in [-0.3, -0.25) is 4.79 Å². The highest BCUT2D eigenvalue weighted by Gasteiger charge is 2.16. The van der Waals surface area contributed by atoms with Crippen LogP contribution in [0.2, 0.25) is 0 Å². The molecular formula is C15H23FN2O. The second kappa shape index (κ2) is 7.89. The van der Waals surface area contributed by atoms with Crippen LogP contribution in [-0.2, 0) is 4.79 Å². The first-order valence-electron chi connectivity index (χ1n) is 6.84. The van der Waals surface area contributed by atoms with E-state index in [2.05, 4.69) is 19.2 Å². The van der Waals surface area contributed by atoms with Crippen molar-refractivity contribution in [1.82, 2.24) is 5.32 Å². The zero-order chi connectivity index (χ0) is 14.3. The Bertz CT molecular complexity index is 407. The summed E-state index contributed by atoms with van der Waals surface area (Å²) in [5.41, 5.74) is 0.367. The van der Waals surface area contributed by atoms with Crippen molar-refractivity contribution in [2.24, 2.45) is 0 Å². The fourth-order valence-corrected chi connectivity index (χ4v) is 1.92. The van der Waals surface area contributed by atoms with Gasteiger partial charge in [-0.1, -0.05) is 26.0 Å². The lowest BCUT2D eigenvalue weighted by molar-refractivity contribution is -0.118. The van der Waals surface area contributed by atoms with Crippen LogP contribution in [0.5, 0.6) is 0 Å². The highest BCUT2D eigenvalue weighted by atomic mass is 19.1. The average Bonchev–Trinajstić information content (AvgIpc) is 2.37. The average molecular weight is 266 g/mol. The van der Waals surface area contributed by atoms with Gasteiger partial charge in [0, 0.05) is 19.0 Å². The minimum absolute atomic E-state index is 0.0295. The monoisotopic (exact) mass is 266 g/mol. The van der Waals surface area contributed by atoms with E-state index >= 15 is 0 Å². The summed E-state index contributed by atoms with van der Waals surface area (Å²) < 4.78 is 13.7. The molecule has 0 aliphatic heterocycles. The molecule has 1 amide bonds. The topological polar surface area (TPSA) is 32.3 Å². The Kier molecular flexibility index (Phi) is 6.50. The molecule has 0 unspecified atom stereocenters. The number of hydrogen-bond acceptors (Lipinski definition) is 2. The summed E-state index contributed by atoms with van der Waals surface area (Å²) >= 11 is 0. The quantitative estimate of drug-likeness (QED) is 0.770. The van der Waals surface area contributed by atoms with Crippen LogP contribution in [0.1, 0.15) is 33.6 Å². The number of hydrogen-bond donors (Lipinski definition) is 1. The van der Waals surface area contributed by atoms with Crippen LogP contribution in [0.25, 0.3) is 0 Å². The number of amides is 1. The van der Waals surface area contributed by atoms with Gasteiger partial charge >= 0.3 is 0 Å². The van der Waals surface area contributed by atoms with Crippen molar-refractivity contribution in [2.45, 2.75) is 39.7 Å². The highest BCUT2D eigenvalue weighted by molar-refractivity contribution is 5.93. The summed E-state index contributed by atoms with van der Waals surface area (Å²) in [5, 5.41) is 3.26. The van der Waals surface area contributed by atoms with Crippen LogP contribution in [0.4, 0.5) is 10.1 Å². The molecule has 0 saturated carbocycles. The first-order valence-corrected chi connectivity index (χ1v) is 6.84. The van der Waals surface area contributed by atoms with Crippen molar-refractivity contribution in [3.05, 3.63) is 30.1 Å². The molecule has 0 fully saturated rings. The van der Waals surface area contributed by atoms with Gasteiger partial charge in [-0.05, 0) is 32.0 Å². The largest absolute Gasteiger partial charge is 0.315 e. The first kappa shape index (κ1) is 15.6. The molecule has 0 aliphatic carbocycles. The molecule has 0 saturated heterocycles. The van der Waals surface area contributed by atoms with Crippen LogP contribution < -0.4 is 10.2 Å². The van der Waals surface area contributed by atoms with Crippen LogP contribution in [0.15, 0.2) is 24.3 Å². The minimum atomic E-state index is -0.349. The Balaban J connectivity index is 2.55. The van der Waals surface area contributed by atoms with Gasteiger partial charge in [-0.15, -0.1) is 0 Å². The zero-order valence-electron chi connectivity index (χ0n) is 11.9. The Labute approximate surface area is 114 Å². The molecule has 0 bridgehead atoms. The van der Waals surface area contributed by atoms with Crippen molar-refractivity contribution < 1.29 is 9.18 Å². The van der Waals surface area contributed by atoms with E-state index in [9.17, 15) is 9.18 Å². The molecule has 0 radical (unpaired) electrons. The lowest BCUT2D eigenvalue weighted by atomic mass is 10.2. The molecule has 0 aliphatic rings. The van der Waals surface area contributed by atoms with Gasteiger partial charge in [0.15, 0.2) is 0 Å². The predicted octanol–water partition coefficient (Wildman–Crippen LogP) is 2.96. The predicted molar refractivity (Wildman–Crippen MR) is 76.8 cm³/mol. The van der Waals surface area contributed by atoms with Crippen LogP contribution in [0.3, 0.4) is 0 Å². The molecule has 3 nitrogen and oxygen atoms in total. The zero-order valence-corrected chi connectivity index (χ0v) is 11.9. The van der Waals surface area contributed by atoms with Gasteiger partial charge in [-0.25, -0.2) is 4.39 Å². The molecule has 1 aromatic carbocycles. The van der Waals surface area contributed by atoms with E-state index < -0.39 is 0 Å². The van der Waals surface area contributed by atoms with Crippen molar-refractivity contribution in [3.8, 4) is 0 Å². The molecule has 106 valence electrons. The number of halogens is 1. The summed E-state index contributed by atoms with van der Waals surface area (Å²) in [4.78, 5) is 13.6. The van der Waals surface area contributed by atoms with E-state index in [0.717, 1.165) is 13.0 Å². The highest BCUT2D eigenvalue weighted by Crippen LogP contribution is 2.19. The lowest BCUT2D eigenvalue weighted by Crippen LogP contribution is -2.32. The number of nitrogens with zero attached hydrogens (tertiary/aromatic N) is 1. The molecular weight excluding hydrogens is 243 g/mol. The van der Waals surface area contributed by atoms with Crippen molar-refractivity contribution >= 4 is 11.6 Å². The Hall–Kier alpha value is -1.42. The van der Waals surface area contributed by atoms with E-state index in [1.54, 1.807) is 18.2 Å². The molecule has 1 N–H and O–H groups in total. The minimum Gasteiger partial charge on any atom is -0.315 e. The molecule has 0 spiro atoms. The van der Waals surface area contributed by atoms with E-state index in [4.69, 9.17) is 0 Å². The van der Waals surface area contributed by atoms with E-state index in [1.165, 1.54) is 11.0 Å². The van der Waals surface area contributed by atoms with Gasteiger partial charge in [0.25, 0.3) is 0 Å². The normalized spacial score (nSPS) is 10.8. The summed E-state index contributed by atoms with van der Waals surface area (Å²) in [5.74, 6) is -0.379. The Morgan fingerprint density at radius 2 is 2.05 bits per heavy atom. The molecule has 0 heterocycles. The number of benzene rings is 1. The maximum atomic E-state index is 13.7. The van der Waals surface area contributed by atoms with Gasteiger partial charge in [-0.2, -0.15) is 0 Å². The summed E-state index contributed by atoms with van der Waals surface area (Å²) in [6.45, 7) is 7.28. The number of para-hydroxylation sites is 1. The summed E-state index contributed by atoms with van der Waals surface area (Å²) in [7, 11) is 0. The number of nitrogens with one attached hydrogen (secondary N) is 1. The second-order valence-corrected chi connectivity index (χ2v) is 4.80. The van der Waals surface area contributed by atoms with Gasteiger partial charge in [0.05, 0.1) is 5.69 Å². The molecule has 19 heavy (non-hydrogen) atoms. The third kappa shape index (κ3) is 4.99. The van der Waals surface area contributed by atoms with Crippen LogP contribution in [-0.4, -0.2) is 25.0 Å². The van der Waals surface area contributed by atoms with Crippen molar-refractivity contribution in [2.75, 3.05) is 18.0 Å². The number of rotatable bonds is 7. The SMILES string of the molecule is CCN(C(=O)CCCNC(C)C)c1ccccc1F. The van der Waals surface area contributed by atoms with E-state index in [-0.39, 0.29) is 11.7 Å². The Morgan fingerprint density at radius 3 is 2.63 bits per heavy atom. The van der Waals surface area contributed by atoms with E-state index in [1.807, 2.05) is 6.92 Å². The molecule has 0 aromatic heterocycles. The van der Waals surface area contributed by atoms with Crippen molar-refractivity contribution in [3.63, 3.8) is 0 Å². The van der Waals surface area contributed by atoms with Crippen LogP contribution >= 0.6 is 0 Å². The number of anilines is 1. The smallest absolute Gasteiger partial charge is 0.227 e. The molecule has 1 rings (SSSR count). The molecule has 1 aromatic rings. The van der Waals surface area contributed by atoms with E-state index in [0.29, 0.717) is 24.7 Å². The third-order valence-corrected chi connectivity index (χ3v) is 2.88. The van der Waals surface area contributed by atoms with Gasteiger partial charge in [0.2, 0.25) is 5.91 Å². The van der Waals surface area contributed by atoms with Crippen molar-refractivity contribution in [1.29, 1.82) is 0 Å². The third-order valence-electron chi connectivity index (χ3n) is 2.88. The molecule has 0 atom stereocenters. The first-order chi connectivity index (χ1) is 9.06. The Morgan fingerprint density at radius 1 is 1.37 bits per heavy atom. The summed E-state index contributed by atoms with van der Waals surface area (Å²) in [6.07, 6.45) is 1.20. The van der Waals surface area contributed by atoms with Crippen LogP contribution in [0, 0.1) is 5.82 Å². The van der Waals surface area contributed by atoms with Gasteiger partial charge in [0.1, 0.15) is 5.82 Å². The number of carbonyl (C=O) groups is 1. The second-order valence-electron chi connectivity index (χ2n) is 4.80. The fourth-order valence-electron chi connectivity index (χ4n) is 1.92.